The standard InChI is InChI=1S/C30H31BNO2/c1-28(2)24-15-12-19-9-7-8-10-22(19)27(24)23-14-11-20(17-25(23)28)26-16-13-21(18-32-26)31-34-30(5,6)29(3,4)33/h7-18,33H,1-6H3. The summed E-state index contributed by atoms with van der Waals surface area (Å²) in [6.07, 6.45) is 1.82. The predicted octanol–water partition coefficient (Wildman–Crippen LogP) is 6.02. The van der Waals surface area contributed by atoms with E-state index in [0.29, 0.717) is 0 Å². The highest BCUT2D eigenvalue weighted by Gasteiger charge is 2.37. The number of aliphatic hydroxyl groups is 1. The van der Waals surface area contributed by atoms with Gasteiger partial charge in [-0.2, -0.15) is 0 Å². The van der Waals surface area contributed by atoms with Crippen LogP contribution in [0.3, 0.4) is 0 Å². The summed E-state index contributed by atoms with van der Waals surface area (Å²) in [5, 5.41) is 12.9. The van der Waals surface area contributed by atoms with Crippen LogP contribution in [-0.2, 0) is 10.1 Å². The summed E-state index contributed by atoms with van der Waals surface area (Å²) in [7, 11) is 1.67. The van der Waals surface area contributed by atoms with Crippen LogP contribution >= 0.6 is 0 Å². The van der Waals surface area contributed by atoms with E-state index in [-0.39, 0.29) is 5.41 Å². The van der Waals surface area contributed by atoms with Crippen LogP contribution in [0.25, 0.3) is 33.2 Å². The average Bonchev–Trinajstić information content (AvgIpc) is 3.04. The van der Waals surface area contributed by atoms with E-state index in [1.807, 2.05) is 32.2 Å². The Kier molecular flexibility index (Phi) is 5.23. The molecule has 0 atom stereocenters. The third kappa shape index (κ3) is 3.66. The molecule has 171 valence electrons. The average molecular weight is 448 g/mol. The Bertz CT molecular complexity index is 1380. The highest BCUT2D eigenvalue weighted by molar-refractivity contribution is 6.46. The van der Waals surface area contributed by atoms with Gasteiger partial charge >= 0.3 is 7.48 Å². The summed E-state index contributed by atoms with van der Waals surface area (Å²) >= 11 is 0. The van der Waals surface area contributed by atoms with Crippen molar-refractivity contribution in [2.24, 2.45) is 0 Å². The topological polar surface area (TPSA) is 42.4 Å². The lowest BCUT2D eigenvalue weighted by molar-refractivity contribution is -0.0893. The van der Waals surface area contributed by atoms with E-state index in [1.54, 1.807) is 21.3 Å². The monoisotopic (exact) mass is 448 g/mol. The van der Waals surface area contributed by atoms with Crippen LogP contribution in [0, 0.1) is 0 Å². The Balaban J connectivity index is 1.46. The van der Waals surface area contributed by atoms with Gasteiger partial charge in [0.25, 0.3) is 0 Å². The summed E-state index contributed by atoms with van der Waals surface area (Å²) in [5.41, 5.74) is 6.53. The van der Waals surface area contributed by atoms with Crippen molar-refractivity contribution < 1.29 is 9.76 Å². The number of nitrogens with zero attached hydrogens (tertiary/aromatic N) is 1. The first-order valence-electron chi connectivity index (χ1n) is 11.9. The molecule has 0 saturated heterocycles. The minimum atomic E-state index is -0.961. The first kappa shape index (κ1) is 22.8. The number of rotatable bonds is 5. The van der Waals surface area contributed by atoms with Crippen LogP contribution < -0.4 is 5.46 Å². The molecule has 1 aromatic heterocycles. The molecule has 0 aliphatic heterocycles. The third-order valence-electron chi connectivity index (χ3n) is 7.61. The second-order valence-corrected chi connectivity index (χ2v) is 10.9. The molecule has 3 aromatic carbocycles. The van der Waals surface area contributed by atoms with Crippen LogP contribution in [-0.4, -0.2) is 28.8 Å². The Morgan fingerprint density at radius 1 is 0.882 bits per heavy atom. The zero-order chi connectivity index (χ0) is 24.3. The molecule has 34 heavy (non-hydrogen) atoms. The second-order valence-electron chi connectivity index (χ2n) is 10.9. The molecule has 0 fully saturated rings. The first-order chi connectivity index (χ1) is 16.0. The molecule has 5 rings (SSSR count). The molecule has 0 saturated carbocycles. The zero-order valence-corrected chi connectivity index (χ0v) is 20.8. The summed E-state index contributed by atoms with van der Waals surface area (Å²) in [4.78, 5) is 4.71. The van der Waals surface area contributed by atoms with Crippen molar-refractivity contribution in [1.82, 2.24) is 4.98 Å². The van der Waals surface area contributed by atoms with Gasteiger partial charge in [-0.15, -0.1) is 0 Å². The molecule has 1 aliphatic carbocycles. The lowest BCUT2D eigenvalue weighted by Gasteiger charge is -2.37. The van der Waals surface area contributed by atoms with Crippen molar-refractivity contribution in [3.63, 3.8) is 0 Å². The van der Waals surface area contributed by atoms with Gasteiger partial charge < -0.3 is 9.76 Å². The highest BCUT2D eigenvalue weighted by atomic mass is 16.5. The minimum absolute atomic E-state index is 0.0745. The smallest absolute Gasteiger partial charge is 0.332 e. The third-order valence-corrected chi connectivity index (χ3v) is 7.61. The molecule has 1 aliphatic rings. The van der Waals surface area contributed by atoms with Gasteiger partial charge in [-0.05, 0) is 78.3 Å². The van der Waals surface area contributed by atoms with E-state index < -0.39 is 11.2 Å². The normalized spacial score (nSPS) is 14.7. The van der Waals surface area contributed by atoms with Crippen LogP contribution in [0.4, 0.5) is 0 Å². The SMILES string of the molecule is CC1(C)c2cc(-c3ccc([B]OC(C)(C)C(C)(C)O)cn3)ccc2-c2c1ccc1ccccc21. The van der Waals surface area contributed by atoms with Gasteiger partial charge in [0, 0.05) is 17.2 Å². The fraction of sp³-hybridized carbons (Fsp3) is 0.300. The van der Waals surface area contributed by atoms with Crippen molar-refractivity contribution in [2.75, 3.05) is 0 Å². The van der Waals surface area contributed by atoms with Gasteiger partial charge in [0.2, 0.25) is 0 Å². The van der Waals surface area contributed by atoms with Crippen LogP contribution in [0.5, 0.6) is 0 Å². The minimum Gasteiger partial charge on any atom is -0.427 e. The number of aromatic nitrogens is 1. The molecule has 4 heteroatoms. The summed E-state index contributed by atoms with van der Waals surface area (Å²) < 4.78 is 5.87. The maximum atomic E-state index is 10.3. The van der Waals surface area contributed by atoms with Crippen molar-refractivity contribution in [3.8, 4) is 22.4 Å². The fourth-order valence-corrected chi connectivity index (χ4v) is 4.67. The molecule has 1 radical (unpaired) electrons. The lowest BCUT2D eigenvalue weighted by atomic mass is 9.81. The number of hydrogen-bond donors (Lipinski definition) is 1. The van der Waals surface area contributed by atoms with Gasteiger partial charge in [0.1, 0.15) is 0 Å². The van der Waals surface area contributed by atoms with E-state index in [1.165, 1.54) is 33.0 Å². The van der Waals surface area contributed by atoms with E-state index in [9.17, 15) is 5.11 Å². The molecule has 1 N–H and O–H groups in total. The molecule has 0 bridgehead atoms. The van der Waals surface area contributed by atoms with E-state index in [0.717, 1.165) is 16.7 Å². The summed E-state index contributed by atoms with van der Waals surface area (Å²) in [5.74, 6) is 0. The number of benzene rings is 3. The van der Waals surface area contributed by atoms with E-state index in [4.69, 9.17) is 9.64 Å². The maximum absolute atomic E-state index is 10.3. The number of fused-ring (bicyclic) bond motifs is 5. The molecule has 4 aromatic rings. The Hall–Kier alpha value is -2.95. The molecule has 1 heterocycles. The maximum Gasteiger partial charge on any atom is 0.332 e. The summed E-state index contributed by atoms with van der Waals surface area (Å²) in [6.45, 7) is 11.9. The van der Waals surface area contributed by atoms with Crippen molar-refractivity contribution in [1.29, 1.82) is 0 Å². The molecule has 3 nitrogen and oxygen atoms in total. The van der Waals surface area contributed by atoms with Crippen LogP contribution in [0.15, 0.2) is 72.9 Å². The van der Waals surface area contributed by atoms with Gasteiger partial charge in [-0.25, -0.2) is 0 Å². The largest absolute Gasteiger partial charge is 0.427 e. The summed E-state index contributed by atoms with van der Waals surface area (Å²) in [6, 6.07) is 23.9. The van der Waals surface area contributed by atoms with Gasteiger partial charge in [-0.1, -0.05) is 68.4 Å². The molecular weight excluding hydrogens is 417 g/mol. The second kappa shape index (κ2) is 7.79. The van der Waals surface area contributed by atoms with E-state index >= 15 is 0 Å². The molecule has 0 spiro atoms. The number of hydrogen-bond acceptors (Lipinski definition) is 3. The predicted molar refractivity (Wildman–Crippen MR) is 142 cm³/mol. The van der Waals surface area contributed by atoms with Gasteiger partial charge in [0.15, 0.2) is 0 Å². The molecule has 0 unspecified atom stereocenters. The van der Waals surface area contributed by atoms with Crippen LogP contribution in [0.2, 0.25) is 0 Å². The molecular formula is C30H31BNO2. The molecule has 0 amide bonds. The Morgan fingerprint density at radius 2 is 1.65 bits per heavy atom. The lowest BCUT2D eigenvalue weighted by Crippen LogP contribution is -2.49. The quantitative estimate of drug-likeness (QED) is 0.380. The first-order valence-corrected chi connectivity index (χ1v) is 11.9. The van der Waals surface area contributed by atoms with Crippen LogP contribution in [0.1, 0.15) is 52.7 Å². The van der Waals surface area contributed by atoms with E-state index in [2.05, 4.69) is 68.4 Å². The fourth-order valence-electron chi connectivity index (χ4n) is 4.67. The number of pyridine rings is 1. The van der Waals surface area contributed by atoms with Crippen molar-refractivity contribution in [3.05, 3.63) is 84.1 Å². The van der Waals surface area contributed by atoms with Gasteiger partial charge in [-0.3, -0.25) is 4.98 Å². The van der Waals surface area contributed by atoms with Crippen molar-refractivity contribution >= 4 is 23.7 Å². The van der Waals surface area contributed by atoms with Crippen molar-refractivity contribution in [2.45, 2.75) is 58.2 Å². The zero-order valence-electron chi connectivity index (χ0n) is 20.8. The Labute approximate surface area is 203 Å². The Morgan fingerprint density at radius 3 is 2.35 bits per heavy atom. The van der Waals surface area contributed by atoms with Gasteiger partial charge in [0.05, 0.1) is 16.9 Å². The highest BCUT2D eigenvalue weighted by Crippen LogP contribution is 2.51.